The number of carbonyl (C=O) groups is 1. The molecule has 0 heterocycles. The second-order valence-electron chi connectivity index (χ2n) is 3.27. The summed E-state index contributed by atoms with van der Waals surface area (Å²) in [6.07, 6.45) is 1.56. The van der Waals surface area contributed by atoms with Crippen LogP contribution in [0.2, 0.25) is 0 Å². The molecule has 2 radical (unpaired) electrons. The highest BCUT2D eigenvalue weighted by atomic mass is 16.5. The number of carbonyl (C=O) groups excluding carboxylic acids is 1. The molecule has 0 spiro atoms. The zero-order valence-corrected chi connectivity index (χ0v) is 9.04. The third-order valence-electron chi connectivity index (χ3n) is 2.23. The van der Waals surface area contributed by atoms with Gasteiger partial charge in [0.25, 0.3) is 0 Å². The van der Waals surface area contributed by atoms with Crippen molar-refractivity contribution in [1.82, 2.24) is 5.32 Å². The monoisotopic (exact) mass is 203 g/mol. The van der Waals surface area contributed by atoms with Gasteiger partial charge < -0.3 is 10.1 Å². The molecular formula is C11H14BNO2. The molecule has 0 aliphatic heterocycles. The Kier molecular flexibility index (Phi) is 4.37. The van der Waals surface area contributed by atoms with Crippen molar-refractivity contribution in [2.45, 2.75) is 6.42 Å². The zero-order chi connectivity index (χ0) is 11.3. The normalized spacial score (nSPS) is 10.0. The molecule has 1 aromatic carbocycles. The van der Waals surface area contributed by atoms with E-state index in [1.54, 1.807) is 6.07 Å². The Morgan fingerprint density at radius 3 is 2.80 bits per heavy atom. The van der Waals surface area contributed by atoms with Gasteiger partial charge in [0.05, 0.1) is 12.7 Å². The smallest absolute Gasteiger partial charge is 0.154 e. The predicted octanol–water partition coefficient (Wildman–Crippen LogP) is 0.0634. The summed E-state index contributed by atoms with van der Waals surface area (Å²) >= 11 is 0. The molecule has 0 atom stereocenters. The summed E-state index contributed by atoms with van der Waals surface area (Å²) in [5.74, 6) is 0.538. The second-order valence-corrected chi connectivity index (χ2v) is 3.27. The van der Waals surface area contributed by atoms with Gasteiger partial charge in [-0.05, 0) is 31.6 Å². The van der Waals surface area contributed by atoms with Gasteiger partial charge in [0.2, 0.25) is 0 Å². The minimum atomic E-state index is 0.538. The van der Waals surface area contributed by atoms with Crippen molar-refractivity contribution in [3.05, 3.63) is 23.3 Å². The molecule has 1 rings (SSSR count). The molecule has 0 unspecified atom stereocenters. The lowest BCUT2D eigenvalue weighted by Crippen LogP contribution is -2.15. The van der Waals surface area contributed by atoms with Gasteiger partial charge in [0, 0.05) is 0 Å². The number of nitrogens with one attached hydrogen (secondary N) is 1. The van der Waals surface area contributed by atoms with Crippen LogP contribution >= 0.6 is 0 Å². The van der Waals surface area contributed by atoms with E-state index in [0.29, 0.717) is 16.8 Å². The highest BCUT2D eigenvalue weighted by Gasteiger charge is 2.08. The fourth-order valence-electron chi connectivity index (χ4n) is 1.48. The number of rotatable bonds is 5. The van der Waals surface area contributed by atoms with Crippen molar-refractivity contribution in [3.8, 4) is 5.75 Å². The third kappa shape index (κ3) is 2.83. The first-order chi connectivity index (χ1) is 7.22. The summed E-state index contributed by atoms with van der Waals surface area (Å²) in [5, 5.41) is 3.03. The van der Waals surface area contributed by atoms with Crippen molar-refractivity contribution >= 4 is 19.6 Å². The number of hydrogen-bond acceptors (Lipinski definition) is 3. The maximum Gasteiger partial charge on any atom is 0.154 e. The Morgan fingerprint density at radius 1 is 1.53 bits per heavy atom. The average Bonchev–Trinajstić information content (AvgIpc) is 2.25. The zero-order valence-electron chi connectivity index (χ0n) is 9.04. The van der Waals surface area contributed by atoms with Crippen molar-refractivity contribution in [2.75, 3.05) is 20.7 Å². The summed E-state index contributed by atoms with van der Waals surface area (Å²) in [7, 11) is 9.11. The van der Waals surface area contributed by atoms with Crippen molar-refractivity contribution in [1.29, 1.82) is 0 Å². The fraction of sp³-hybridized carbons (Fsp3) is 0.364. The van der Waals surface area contributed by atoms with Crippen LogP contribution in [0.5, 0.6) is 5.75 Å². The Labute approximate surface area is 91.2 Å². The molecule has 1 aromatic rings. The van der Waals surface area contributed by atoms with Gasteiger partial charge in [0.1, 0.15) is 13.6 Å². The predicted molar refractivity (Wildman–Crippen MR) is 61.4 cm³/mol. The summed E-state index contributed by atoms with van der Waals surface area (Å²) in [4.78, 5) is 10.9. The van der Waals surface area contributed by atoms with Crippen LogP contribution in [0.4, 0.5) is 0 Å². The van der Waals surface area contributed by atoms with Crippen LogP contribution in [0.25, 0.3) is 0 Å². The van der Waals surface area contributed by atoms with E-state index in [9.17, 15) is 4.79 Å². The largest absolute Gasteiger partial charge is 0.496 e. The first-order valence-corrected chi connectivity index (χ1v) is 4.79. The molecule has 4 heteroatoms. The Bertz CT molecular complexity index is 353. The van der Waals surface area contributed by atoms with Crippen LogP contribution in [-0.4, -0.2) is 34.8 Å². The molecule has 0 saturated heterocycles. The molecule has 0 aliphatic carbocycles. The molecule has 15 heavy (non-hydrogen) atoms. The Balaban J connectivity index is 3.10. The fourth-order valence-corrected chi connectivity index (χ4v) is 1.48. The van der Waals surface area contributed by atoms with Gasteiger partial charge in [-0.25, -0.2) is 0 Å². The quantitative estimate of drug-likeness (QED) is 0.543. The minimum absolute atomic E-state index is 0.538. The molecule has 1 N–H and O–H groups in total. The van der Waals surface area contributed by atoms with Gasteiger partial charge in [-0.2, -0.15) is 0 Å². The van der Waals surface area contributed by atoms with E-state index >= 15 is 0 Å². The SMILES string of the molecule is [B]c1cc(CCNC)c(C=O)c(OC)c1. The Hall–Kier alpha value is -1.29. The number of aldehydes is 1. The highest BCUT2D eigenvalue weighted by Crippen LogP contribution is 2.19. The number of likely N-dealkylation sites (N-methyl/N-ethyl adjacent to an activating group) is 1. The molecule has 0 saturated carbocycles. The molecule has 0 fully saturated rings. The van der Waals surface area contributed by atoms with E-state index in [1.807, 2.05) is 13.1 Å². The van der Waals surface area contributed by atoms with Crippen LogP contribution in [-0.2, 0) is 6.42 Å². The maximum absolute atomic E-state index is 10.9. The number of ether oxygens (including phenoxy) is 1. The number of benzene rings is 1. The molecule has 0 aliphatic rings. The first kappa shape index (κ1) is 11.8. The summed E-state index contributed by atoms with van der Waals surface area (Å²) in [5.41, 5.74) is 2.11. The molecule has 0 amide bonds. The van der Waals surface area contributed by atoms with Gasteiger partial charge >= 0.3 is 0 Å². The second kappa shape index (κ2) is 5.56. The Morgan fingerprint density at radius 2 is 2.27 bits per heavy atom. The maximum atomic E-state index is 10.9. The van der Waals surface area contributed by atoms with Crippen LogP contribution in [0, 0.1) is 0 Å². The average molecular weight is 203 g/mol. The summed E-state index contributed by atoms with van der Waals surface area (Å²) < 4.78 is 5.11. The van der Waals surface area contributed by atoms with E-state index in [1.165, 1.54) is 7.11 Å². The highest BCUT2D eigenvalue weighted by molar-refractivity contribution is 6.32. The summed E-state index contributed by atoms with van der Waals surface area (Å²) in [6.45, 7) is 0.799. The lowest BCUT2D eigenvalue weighted by Gasteiger charge is -2.11. The van der Waals surface area contributed by atoms with E-state index in [-0.39, 0.29) is 0 Å². The van der Waals surface area contributed by atoms with Gasteiger partial charge in [-0.3, -0.25) is 4.79 Å². The van der Waals surface area contributed by atoms with E-state index in [2.05, 4.69) is 5.32 Å². The van der Waals surface area contributed by atoms with E-state index in [4.69, 9.17) is 12.6 Å². The molecule has 78 valence electrons. The number of hydrogen-bond donors (Lipinski definition) is 1. The number of methoxy groups -OCH3 is 1. The lowest BCUT2D eigenvalue weighted by atomic mass is 9.90. The lowest BCUT2D eigenvalue weighted by molar-refractivity contribution is 0.112. The molecule has 3 nitrogen and oxygen atoms in total. The van der Waals surface area contributed by atoms with Gasteiger partial charge in [0.15, 0.2) is 6.29 Å². The van der Waals surface area contributed by atoms with Crippen LogP contribution in [0.3, 0.4) is 0 Å². The molecular weight excluding hydrogens is 189 g/mol. The minimum Gasteiger partial charge on any atom is -0.496 e. The van der Waals surface area contributed by atoms with Crippen molar-refractivity contribution in [2.24, 2.45) is 0 Å². The summed E-state index contributed by atoms with van der Waals surface area (Å²) in [6, 6.07) is 3.47. The van der Waals surface area contributed by atoms with Crippen LogP contribution < -0.4 is 15.5 Å². The van der Waals surface area contributed by atoms with Crippen molar-refractivity contribution in [3.63, 3.8) is 0 Å². The van der Waals surface area contributed by atoms with E-state index < -0.39 is 0 Å². The first-order valence-electron chi connectivity index (χ1n) is 4.79. The molecule has 0 aromatic heterocycles. The van der Waals surface area contributed by atoms with Crippen LogP contribution in [0.15, 0.2) is 12.1 Å². The van der Waals surface area contributed by atoms with E-state index in [0.717, 1.165) is 24.8 Å². The molecule has 0 bridgehead atoms. The topological polar surface area (TPSA) is 38.3 Å². The van der Waals surface area contributed by atoms with Crippen LogP contribution in [0.1, 0.15) is 15.9 Å². The van der Waals surface area contributed by atoms with Gasteiger partial charge in [-0.15, -0.1) is 0 Å². The third-order valence-corrected chi connectivity index (χ3v) is 2.23. The van der Waals surface area contributed by atoms with Crippen molar-refractivity contribution < 1.29 is 9.53 Å². The van der Waals surface area contributed by atoms with Gasteiger partial charge in [-0.1, -0.05) is 11.5 Å². The standard InChI is InChI=1S/C11H14BNO2/c1-13-4-3-8-5-9(12)6-11(15-2)10(8)7-14/h5-7,13H,3-4H2,1-2H3.